The highest BCUT2D eigenvalue weighted by Crippen LogP contribution is 2.21. The molecule has 1 atom stereocenters. The molecule has 96 valence electrons. The quantitative estimate of drug-likeness (QED) is 0.857. The summed E-state index contributed by atoms with van der Waals surface area (Å²) in [6, 6.07) is 5.36. The normalized spacial score (nSPS) is 13.5. The summed E-state index contributed by atoms with van der Waals surface area (Å²) in [7, 11) is 0. The van der Waals surface area contributed by atoms with Crippen molar-refractivity contribution in [1.29, 1.82) is 0 Å². The number of aliphatic hydroxyl groups is 1. The lowest BCUT2D eigenvalue weighted by molar-refractivity contribution is -0.198. The number of halogens is 3. The van der Waals surface area contributed by atoms with E-state index in [1.165, 1.54) is 0 Å². The van der Waals surface area contributed by atoms with Gasteiger partial charge in [-0.3, -0.25) is 0 Å². The van der Waals surface area contributed by atoms with Crippen LogP contribution in [0.15, 0.2) is 18.2 Å². The third-order valence-corrected chi connectivity index (χ3v) is 2.61. The van der Waals surface area contributed by atoms with Gasteiger partial charge in [0, 0.05) is 12.2 Å². The maximum atomic E-state index is 12.1. The Hall–Kier alpha value is -1.23. The first-order valence-electron chi connectivity index (χ1n) is 5.42. The van der Waals surface area contributed by atoms with Gasteiger partial charge in [0.1, 0.15) is 0 Å². The molecule has 1 unspecified atom stereocenters. The van der Waals surface area contributed by atoms with Crippen LogP contribution in [0.2, 0.25) is 0 Å². The molecule has 0 spiro atoms. The lowest BCUT2D eigenvalue weighted by Gasteiger charge is -2.16. The molecule has 0 aliphatic rings. The molecule has 0 saturated carbocycles. The predicted octanol–water partition coefficient (Wildman–Crippen LogP) is 2.89. The van der Waals surface area contributed by atoms with Crippen LogP contribution in [-0.4, -0.2) is 23.9 Å². The molecule has 0 aliphatic carbocycles. The van der Waals surface area contributed by atoms with Gasteiger partial charge in [0.25, 0.3) is 0 Å². The standard InChI is InChI=1S/C12H16F3NO/c1-3-9-6-10(5-4-8(9)2)16-7-11(17)12(13,14)15/h4-6,11,16-17H,3,7H2,1-2H3. The number of alkyl halides is 3. The Kier molecular flexibility index (Phi) is 4.40. The highest BCUT2D eigenvalue weighted by Gasteiger charge is 2.37. The van der Waals surface area contributed by atoms with Crippen LogP contribution >= 0.6 is 0 Å². The van der Waals surface area contributed by atoms with Crippen molar-refractivity contribution < 1.29 is 18.3 Å². The first-order chi connectivity index (χ1) is 7.84. The molecule has 0 fully saturated rings. The number of anilines is 1. The minimum atomic E-state index is -4.58. The van der Waals surface area contributed by atoms with Crippen molar-refractivity contribution in [3.63, 3.8) is 0 Å². The minimum Gasteiger partial charge on any atom is -0.382 e. The molecule has 0 radical (unpaired) electrons. The Morgan fingerprint density at radius 1 is 1.35 bits per heavy atom. The van der Waals surface area contributed by atoms with Crippen molar-refractivity contribution in [1.82, 2.24) is 0 Å². The molecule has 2 N–H and O–H groups in total. The Bertz CT molecular complexity index is 377. The van der Waals surface area contributed by atoms with Gasteiger partial charge in [-0.15, -0.1) is 0 Å². The maximum Gasteiger partial charge on any atom is 0.416 e. The molecule has 2 nitrogen and oxygen atoms in total. The molecular formula is C12H16F3NO. The Morgan fingerprint density at radius 3 is 2.53 bits per heavy atom. The van der Waals surface area contributed by atoms with Crippen molar-refractivity contribution in [2.24, 2.45) is 0 Å². The summed E-state index contributed by atoms with van der Waals surface area (Å²) >= 11 is 0. The zero-order valence-electron chi connectivity index (χ0n) is 9.80. The van der Waals surface area contributed by atoms with Gasteiger partial charge in [-0.25, -0.2) is 0 Å². The van der Waals surface area contributed by atoms with Gasteiger partial charge >= 0.3 is 6.18 Å². The van der Waals surface area contributed by atoms with Crippen molar-refractivity contribution in [3.05, 3.63) is 29.3 Å². The topological polar surface area (TPSA) is 32.3 Å². The van der Waals surface area contributed by atoms with E-state index in [9.17, 15) is 13.2 Å². The van der Waals surface area contributed by atoms with Crippen molar-refractivity contribution in [2.45, 2.75) is 32.5 Å². The predicted molar refractivity (Wildman–Crippen MR) is 61.1 cm³/mol. The Balaban J connectivity index is 2.64. The largest absolute Gasteiger partial charge is 0.416 e. The smallest absolute Gasteiger partial charge is 0.382 e. The number of nitrogens with one attached hydrogen (secondary N) is 1. The number of benzene rings is 1. The van der Waals surface area contributed by atoms with Gasteiger partial charge in [0.2, 0.25) is 0 Å². The second-order valence-corrected chi connectivity index (χ2v) is 3.93. The van der Waals surface area contributed by atoms with E-state index in [2.05, 4.69) is 5.32 Å². The highest BCUT2D eigenvalue weighted by atomic mass is 19.4. The second kappa shape index (κ2) is 5.40. The molecule has 0 heterocycles. The molecular weight excluding hydrogens is 231 g/mol. The molecule has 1 aromatic carbocycles. The fraction of sp³-hybridized carbons (Fsp3) is 0.500. The monoisotopic (exact) mass is 247 g/mol. The van der Waals surface area contributed by atoms with Crippen LogP contribution in [-0.2, 0) is 6.42 Å². The SMILES string of the molecule is CCc1cc(NCC(O)C(F)(F)F)ccc1C. The third-order valence-electron chi connectivity index (χ3n) is 2.61. The molecule has 0 aromatic heterocycles. The first-order valence-corrected chi connectivity index (χ1v) is 5.42. The average molecular weight is 247 g/mol. The van der Waals surface area contributed by atoms with Crippen LogP contribution < -0.4 is 5.32 Å². The molecule has 0 aliphatic heterocycles. The lowest BCUT2D eigenvalue weighted by Crippen LogP contribution is -2.35. The van der Waals surface area contributed by atoms with E-state index in [1.54, 1.807) is 12.1 Å². The van der Waals surface area contributed by atoms with Crippen molar-refractivity contribution >= 4 is 5.69 Å². The minimum absolute atomic E-state index is 0.532. The maximum absolute atomic E-state index is 12.1. The van der Waals surface area contributed by atoms with Crippen LogP contribution in [0, 0.1) is 6.92 Å². The molecule has 0 saturated heterocycles. The van der Waals surface area contributed by atoms with Crippen LogP contribution in [0.4, 0.5) is 18.9 Å². The summed E-state index contributed by atoms with van der Waals surface area (Å²) in [6.45, 7) is 3.40. The number of hydrogen-bond acceptors (Lipinski definition) is 2. The van der Waals surface area contributed by atoms with Crippen LogP contribution in [0.3, 0.4) is 0 Å². The van der Waals surface area contributed by atoms with E-state index in [4.69, 9.17) is 5.11 Å². The van der Waals surface area contributed by atoms with E-state index in [0.717, 1.165) is 17.5 Å². The van der Waals surface area contributed by atoms with Crippen LogP contribution in [0.25, 0.3) is 0 Å². The zero-order valence-corrected chi connectivity index (χ0v) is 9.80. The zero-order chi connectivity index (χ0) is 13.1. The first kappa shape index (κ1) is 13.8. The van der Waals surface area contributed by atoms with Gasteiger partial charge in [-0.05, 0) is 36.6 Å². The van der Waals surface area contributed by atoms with Crippen LogP contribution in [0.1, 0.15) is 18.1 Å². The van der Waals surface area contributed by atoms with E-state index in [0.29, 0.717) is 5.69 Å². The van der Waals surface area contributed by atoms with Gasteiger partial charge in [-0.1, -0.05) is 13.0 Å². The summed E-state index contributed by atoms with van der Waals surface area (Å²) in [5.74, 6) is 0. The highest BCUT2D eigenvalue weighted by molar-refractivity contribution is 5.48. The summed E-state index contributed by atoms with van der Waals surface area (Å²) in [5.41, 5.74) is 2.78. The number of rotatable bonds is 4. The van der Waals surface area contributed by atoms with E-state index < -0.39 is 18.8 Å². The average Bonchev–Trinajstić information content (AvgIpc) is 2.26. The van der Waals surface area contributed by atoms with E-state index >= 15 is 0 Å². The molecule has 1 aromatic rings. The fourth-order valence-corrected chi connectivity index (χ4v) is 1.49. The number of aryl methyl sites for hydroxylation is 2. The molecule has 1 rings (SSSR count). The summed E-state index contributed by atoms with van der Waals surface area (Å²) in [6.07, 6.45) is -6.09. The van der Waals surface area contributed by atoms with E-state index in [-0.39, 0.29) is 0 Å². The van der Waals surface area contributed by atoms with Gasteiger partial charge in [0.15, 0.2) is 6.10 Å². The van der Waals surface area contributed by atoms with Gasteiger partial charge < -0.3 is 10.4 Å². The third kappa shape index (κ3) is 3.93. The molecule has 0 amide bonds. The summed E-state index contributed by atoms with van der Waals surface area (Å²) in [5, 5.41) is 11.4. The molecule has 5 heteroatoms. The van der Waals surface area contributed by atoms with Crippen LogP contribution in [0.5, 0.6) is 0 Å². The molecule has 17 heavy (non-hydrogen) atoms. The van der Waals surface area contributed by atoms with Gasteiger partial charge in [0.05, 0.1) is 0 Å². The number of aliphatic hydroxyl groups excluding tert-OH is 1. The fourth-order valence-electron chi connectivity index (χ4n) is 1.49. The summed E-state index contributed by atoms with van der Waals surface area (Å²) in [4.78, 5) is 0. The Labute approximate surface area is 98.5 Å². The van der Waals surface area contributed by atoms with Crippen molar-refractivity contribution in [3.8, 4) is 0 Å². The Morgan fingerprint density at radius 2 is 2.00 bits per heavy atom. The second-order valence-electron chi connectivity index (χ2n) is 3.93. The van der Waals surface area contributed by atoms with Gasteiger partial charge in [-0.2, -0.15) is 13.2 Å². The summed E-state index contributed by atoms with van der Waals surface area (Å²) < 4.78 is 36.2. The number of hydrogen-bond donors (Lipinski definition) is 2. The molecule has 0 bridgehead atoms. The van der Waals surface area contributed by atoms with E-state index in [1.807, 2.05) is 19.9 Å². The lowest BCUT2D eigenvalue weighted by atomic mass is 10.1. The van der Waals surface area contributed by atoms with Crippen molar-refractivity contribution in [2.75, 3.05) is 11.9 Å².